The van der Waals surface area contributed by atoms with Crippen LogP contribution in [0.2, 0.25) is 0 Å². The Bertz CT molecular complexity index is 379. The van der Waals surface area contributed by atoms with Gasteiger partial charge in [-0.1, -0.05) is 57.6 Å². The first kappa shape index (κ1) is 18.0. The molecule has 4 N–H and O–H groups in total. The third-order valence-electron chi connectivity index (χ3n) is 3.85. The van der Waals surface area contributed by atoms with Gasteiger partial charge in [-0.15, -0.1) is 0 Å². The van der Waals surface area contributed by atoms with Crippen LogP contribution in [0.5, 0.6) is 5.75 Å². The second kappa shape index (κ2) is 11.6. The second-order valence-electron chi connectivity index (χ2n) is 5.80. The van der Waals surface area contributed by atoms with E-state index < -0.39 is 0 Å². The van der Waals surface area contributed by atoms with Crippen molar-refractivity contribution in [2.75, 3.05) is 13.1 Å². The molecule has 0 saturated heterocycles. The van der Waals surface area contributed by atoms with Gasteiger partial charge in [0.1, 0.15) is 5.75 Å². The highest BCUT2D eigenvalue weighted by atomic mass is 16.3. The van der Waals surface area contributed by atoms with E-state index in [4.69, 9.17) is 5.73 Å². The van der Waals surface area contributed by atoms with E-state index in [1.807, 2.05) is 12.1 Å². The zero-order valence-corrected chi connectivity index (χ0v) is 13.5. The van der Waals surface area contributed by atoms with Gasteiger partial charge in [0, 0.05) is 25.2 Å². The van der Waals surface area contributed by atoms with Gasteiger partial charge in [-0.2, -0.15) is 0 Å². The van der Waals surface area contributed by atoms with Crippen LogP contribution in [0.4, 0.5) is 0 Å². The summed E-state index contributed by atoms with van der Waals surface area (Å²) >= 11 is 0. The Morgan fingerprint density at radius 3 is 2.48 bits per heavy atom. The fraction of sp³-hybridized carbons (Fsp3) is 0.667. The summed E-state index contributed by atoms with van der Waals surface area (Å²) < 4.78 is 0. The fourth-order valence-electron chi connectivity index (χ4n) is 2.55. The van der Waals surface area contributed by atoms with E-state index in [1.54, 1.807) is 0 Å². The number of unbranched alkanes of at least 4 members (excludes halogenated alkanes) is 6. The van der Waals surface area contributed by atoms with Gasteiger partial charge in [0.2, 0.25) is 0 Å². The standard InChI is InChI=1S/C18H32N2O/c1-2-3-4-5-6-7-8-9-16-10-11-18(21)17(14-16)15-20-13-12-19/h10-11,14,20-21H,2-9,12-13,15,19H2,1H3. The molecule has 0 bridgehead atoms. The van der Waals surface area contributed by atoms with Gasteiger partial charge in [0.25, 0.3) is 0 Å². The van der Waals surface area contributed by atoms with Gasteiger partial charge in [0.05, 0.1) is 0 Å². The van der Waals surface area contributed by atoms with Gasteiger partial charge >= 0.3 is 0 Å². The molecule has 3 heteroatoms. The molecule has 0 aromatic heterocycles. The Hall–Kier alpha value is -1.06. The lowest BCUT2D eigenvalue weighted by atomic mass is 10.0. The van der Waals surface area contributed by atoms with Crippen LogP contribution in [0.1, 0.15) is 63.0 Å². The minimum Gasteiger partial charge on any atom is -0.508 e. The molecule has 21 heavy (non-hydrogen) atoms. The largest absolute Gasteiger partial charge is 0.508 e. The number of hydrogen-bond donors (Lipinski definition) is 3. The molecular weight excluding hydrogens is 260 g/mol. The maximum atomic E-state index is 9.86. The van der Waals surface area contributed by atoms with Crippen molar-refractivity contribution in [2.24, 2.45) is 5.73 Å². The maximum Gasteiger partial charge on any atom is 0.120 e. The Balaban J connectivity index is 2.26. The summed E-state index contributed by atoms with van der Waals surface area (Å²) in [6, 6.07) is 5.98. The predicted molar refractivity (Wildman–Crippen MR) is 90.6 cm³/mol. The molecule has 0 aliphatic carbocycles. The van der Waals surface area contributed by atoms with Gasteiger partial charge in [-0.05, 0) is 24.5 Å². The van der Waals surface area contributed by atoms with E-state index in [0.29, 0.717) is 18.8 Å². The highest BCUT2D eigenvalue weighted by Gasteiger charge is 2.03. The summed E-state index contributed by atoms with van der Waals surface area (Å²) in [6.07, 6.45) is 10.5. The Morgan fingerprint density at radius 2 is 1.76 bits per heavy atom. The SMILES string of the molecule is CCCCCCCCCc1ccc(O)c(CNCCN)c1. The Morgan fingerprint density at radius 1 is 1.05 bits per heavy atom. The van der Waals surface area contributed by atoms with Crippen molar-refractivity contribution in [3.05, 3.63) is 29.3 Å². The smallest absolute Gasteiger partial charge is 0.120 e. The van der Waals surface area contributed by atoms with Gasteiger partial charge in [0.15, 0.2) is 0 Å². The maximum absolute atomic E-state index is 9.86. The van der Waals surface area contributed by atoms with Crippen molar-refractivity contribution in [3.8, 4) is 5.75 Å². The number of hydrogen-bond acceptors (Lipinski definition) is 3. The first-order valence-corrected chi connectivity index (χ1v) is 8.49. The highest BCUT2D eigenvalue weighted by molar-refractivity contribution is 5.36. The Kier molecular flexibility index (Phi) is 9.92. The number of aryl methyl sites for hydroxylation is 1. The molecule has 0 aliphatic rings. The van der Waals surface area contributed by atoms with Crippen molar-refractivity contribution in [1.82, 2.24) is 5.32 Å². The Labute approximate surface area is 129 Å². The van der Waals surface area contributed by atoms with Crippen molar-refractivity contribution < 1.29 is 5.11 Å². The minimum absolute atomic E-state index is 0.378. The van der Waals surface area contributed by atoms with E-state index in [-0.39, 0.29) is 0 Å². The van der Waals surface area contributed by atoms with E-state index in [2.05, 4.69) is 18.3 Å². The molecule has 3 nitrogen and oxygen atoms in total. The van der Waals surface area contributed by atoms with E-state index in [9.17, 15) is 5.11 Å². The van der Waals surface area contributed by atoms with Crippen LogP contribution in [0.15, 0.2) is 18.2 Å². The molecule has 0 radical (unpaired) electrons. The highest BCUT2D eigenvalue weighted by Crippen LogP contribution is 2.20. The average Bonchev–Trinajstić information content (AvgIpc) is 2.49. The summed E-state index contributed by atoms with van der Waals surface area (Å²) in [5.74, 6) is 0.378. The second-order valence-corrected chi connectivity index (χ2v) is 5.80. The van der Waals surface area contributed by atoms with Crippen LogP contribution in [0.3, 0.4) is 0 Å². The number of benzene rings is 1. The average molecular weight is 292 g/mol. The molecule has 1 aromatic rings. The predicted octanol–water partition coefficient (Wildman–Crippen LogP) is 3.73. The molecule has 1 rings (SSSR count). The number of nitrogens with one attached hydrogen (secondary N) is 1. The lowest BCUT2D eigenvalue weighted by molar-refractivity contribution is 0.464. The number of rotatable bonds is 12. The van der Waals surface area contributed by atoms with Crippen molar-refractivity contribution in [1.29, 1.82) is 0 Å². The minimum atomic E-state index is 0.378. The molecule has 0 aliphatic heterocycles. The summed E-state index contributed by atoms with van der Waals surface area (Å²) in [7, 11) is 0. The first-order valence-electron chi connectivity index (χ1n) is 8.49. The van der Waals surface area contributed by atoms with Crippen LogP contribution in [0, 0.1) is 0 Å². The molecule has 1 aromatic carbocycles. The van der Waals surface area contributed by atoms with E-state index in [0.717, 1.165) is 18.5 Å². The van der Waals surface area contributed by atoms with E-state index in [1.165, 1.54) is 50.5 Å². The lowest BCUT2D eigenvalue weighted by Gasteiger charge is -2.09. The number of aromatic hydroxyl groups is 1. The number of nitrogens with two attached hydrogens (primary N) is 1. The van der Waals surface area contributed by atoms with Crippen LogP contribution in [0.25, 0.3) is 0 Å². The number of phenols is 1. The van der Waals surface area contributed by atoms with Crippen LogP contribution >= 0.6 is 0 Å². The summed E-state index contributed by atoms with van der Waals surface area (Å²) in [5.41, 5.74) is 7.76. The van der Waals surface area contributed by atoms with Crippen LogP contribution < -0.4 is 11.1 Å². The molecule has 0 spiro atoms. The topological polar surface area (TPSA) is 58.3 Å². The van der Waals surface area contributed by atoms with Gasteiger partial charge in [-0.3, -0.25) is 0 Å². The van der Waals surface area contributed by atoms with Gasteiger partial charge < -0.3 is 16.2 Å². The molecule has 0 atom stereocenters. The zero-order chi connectivity index (χ0) is 15.3. The molecule has 0 unspecified atom stereocenters. The lowest BCUT2D eigenvalue weighted by Crippen LogP contribution is -2.21. The molecule has 0 saturated carbocycles. The summed E-state index contributed by atoms with van der Waals surface area (Å²) in [5, 5.41) is 13.1. The quantitative estimate of drug-likeness (QED) is 0.514. The molecule has 0 heterocycles. The molecule has 0 amide bonds. The van der Waals surface area contributed by atoms with Crippen molar-refractivity contribution in [2.45, 2.75) is 64.8 Å². The van der Waals surface area contributed by atoms with Crippen LogP contribution in [-0.4, -0.2) is 18.2 Å². The zero-order valence-electron chi connectivity index (χ0n) is 13.5. The van der Waals surface area contributed by atoms with Crippen molar-refractivity contribution in [3.63, 3.8) is 0 Å². The number of phenolic OH excluding ortho intramolecular Hbond substituents is 1. The normalized spacial score (nSPS) is 11.0. The summed E-state index contributed by atoms with van der Waals surface area (Å²) in [4.78, 5) is 0. The fourth-order valence-corrected chi connectivity index (χ4v) is 2.55. The van der Waals surface area contributed by atoms with E-state index >= 15 is 0 Å². The third kappa shape index (κ3) is 8.08. The van der Waals surface area contributed by atoms with Gasteiger partial charge in [-0.25, -0.2) is 0 Å². The first-order chi connectivity index (χ1) is 10.3. The van der Waals surface area contributed by atoms with Crippen LogP contribution in [-0.2, 0) is 13.0 Å². The third-order valence-corrected chi connectivity index (χ3v) is 3.85. The monoisotopic (exact) mass is 292 g/mol. The molecule has 0 fully saturated rings. The van der Waals surface area contributed by atoms with Crippen molar-refractivity contribution >= 4 is 0 Å². The molecule has 120 valence electrons. The summed E-state index contributed by atoms with van der Waals surface area (Å²) in [6.45, 7) is 4.35. The molecular formula is C18H32N2O.